The number of ether oxygens (including phenoxy) is 1. The minimum Gasteiger partial charge on any atom is -0.478 e. The van der Waals surface area contributed by atoms with Gasteiger partial charge in [0, 0.05) is 25.7 Å². The first-order valence-electron chi connectivity index (χ1n) is 9.18. The Balaban J connectivity index is 2.79. The van der Waals surface area contributed by atoms with Crippen LogP contribution in [-0.4, -0.2) is 61.6 Å². The summed E-state index contributed by atoms with van der Waals surface area (Å²) in [7, 11) is 6.13. The van der Waals surface area contributed by atoms with E-state index in [4.69, 9.17) is 4.74 Å². The first-order valence-corrected chi connectivity index (χ1v) is 9.18. The predicted octanol–water partition coefficient (Wildman–Crippen LogP) is 2.98. The highest BCUT2D eigenvalue weighted by Gasteiger charge is 2.41. The number of nitrogens with zero attached hydrogens (tertiary/aromatic N) is 3. The molecule has 2 rings (SSSR count). The van der Waals surface area contributed by atoms with E-state index in [1.165, 1.54) is 11.9 Å². The van der Waals surface area contributed by atoms with E-state index in [2.05, 4.69) is 0 Å². The number of methoxy groups -OCH3 is 1. The topological polar surface area (TPSA) is 93.9 Å². The van der Waals surface area contributed by atoms with Crippen molar-refractivity contribution in [1.82, 2.24) is 9.80 Å². The lowest BCUT2D eigenvalue weighted by Gasteiger charge is -2.35. The van der Waals surface area contributed by atoms with Gasteiger partial charge in [-0.3, -0.25) is 0 Å². The standard InChI is InChI=1S/C21H22F3N3O4/c1-26(2)10-9-14-17(19(28)29)16(12-5-7-13(8-6-12)21(22,23)24)18(20(30)31-4)15(11-25)27(14)3/h5-8,16H,9-10H2,1-4H3,(H,28,29). The van der Waals surface area contributed by atoms with E-state index in [1.54, 1.807) is 14.1 Å². The third-order valence-corrected chi connectivity index (χ3v) is 4.99. The van der Waals surface area contributed by atoms with Gasteiger partial charge in [-0.15, -0.1) is 0 Å². The van der Waals surface area contributed by atoms with Crippen molar-refractivity contribution < 1.29 is 32.6 Å². The zero-order valence-corrected chi connectivity index (χ0v) is 17.4. The largest absolute Gasteiger partial charge is 0.478 e. The van der Waals surface area contributed by atoms with Crippen molar-refractivity contribution in [2.45, 2.75) is 18.5 Å². The molecule has 1 aromatic carbocycles. The van der Waals surface area contributed by atoms with Crippen molar-refractivity contribution in [3.63, 3.8) is 0 Å². The van der Waals surface area contributed by atoms with E-state index in [9.17, 15) is 33.1 Å². The normalized spacial score (nSPS) is 17.1. The van der Waals surface area contributed by atoms with E-state index < -0.39 is 29.6 Å². The molecule has 0 radical (unpaired) electrons. The van der Waals surface area contributed by atoms with Crippen LogP contribution in [0, 0.1) is 11.3 Å². The lowest BCUT2D eigenvalue weighted by Crippen LogP contribution is -2.35. The lowest BCUT2D eigenvalue weighted by molar-refractivity contribution is -0.138. The molecule has 1 heterocycles. The number of carbonyl (C=O) groups is 2. The number of rotatable bonds is 6. The van der Waals surface area contributed by atoms with Gasteiger partial charge in [-0.25, -0.2) is 9.59 Å². The molecule has 1 N–H and O–H groups in total. The number of nitriles is 1. The molecule has 10 heteroatoms. The number of allylic oxidation sites excluding steroid dienone is 1. The van der Waals surface area contributed by atoms with Gasteiger partial charge >= 0.3 is 18.1 Å². The number of carbonyl (C=O) groups excluding carboxylic acids is 1. The number of halogens is 3. The summed E-state index contributed by atoms with van der Waals surface area (Å²) in [5.41, 5.74) is -1.04. The summed E-state index contributed by atoms with van der Waals surface area (Å²) >= 11 is 0. The fourth-order valence-electron chi connectivity index (χ4n) is 3.48. The molecule has 1 atom stereocenters. The maximum Gasteiger partial charge on any atom is 0.416 e. The molecule has 0 fully saturated rings. The fourth-order valence-corrected chi connectivity index (χ4v) is 3.48. The third kappa shape index (κ3) is 4.88. The number of aliphatic carboxylic acids is 1. The second kappa shape index (κ2) is 9.22. The summed E-state index contributed by atoms with van der Waals surface area (Å²) in [6.45, 7) is 0.447. The van der Waals surface area contributed by atoms with Gasteiger partial charge in [-0.1, -0.05) is 12.1 Å². The summed E-state index contributed by atoms with van der Waals surface area (Å²) in [6.07, 6.45) is -4.34. The van der Waals surface area contributed by atoms with E-state index >= 15 is 0 Å². The Morgan fingerprint density at radius 2 is 1.81 bits per heavy atom. The van der Waals surface area contributed by atoms with E-state index in [1.807, 2.05) is 11.0 Å². The highest BCUT2D eigenvalue weighted by molar-refractivity contribution is 5.99. The van der Waals surface area contributed by atoms with Crippen LogP contribution in [0.2, 0.25) is 0 Å². The summed E-state index contributed by atoms with van der Waals surface area (Å²) in [6, 6.07) is 5.77. The molecule has 1 aromatic rings. The highest BCUT2D eigenvalue weighted by atomic mass is 19.4. The van der Waals surface area contributed by atoms with Gasteiger partial charge in [-0.2, -0.15) is 18.4 Å². The second-order valence-corrected chi connectivity index (χ2v) is 7.20. The lowest BCUT2D eigenvalue weighted by atomic mass is 9.79. The Bertz CT molecular complexity index is 973. The van der Waals surface area contributed by atoms with Crippen molar-refractivity contribution in [1.29, 1.82) is 5.26 Å². The van der Waals surface area contributed by atoms with Gasteiger partial charge in [0.05, 0.1) is 29.7 Å². The molecule has 1 aliphatic rings. The molecule has 166 valence electrons. The quantitative estimate of drug-likeness (QED) is 0.684. The smallest absolute Gasteiger partial charge is 0.416 e. The minimum absolute atomic E-state index is 0.115. The zero-order valence-electron chi connectivity index (χ0n) is 17.4. The average Bonchev–Trinajstić information content (AvgIpc) is 2.70. The van der Waals surface area contributed by atoms with Crippen LogP contribution < -0.4 is 0 Å². The first-order chi connectivity index (χ1) is 14.4. The Morgan fingerprint density at radius 1 is 1.23 bits per heavy atom. The van der Waals surface area contributed by atoms with Crippen LogP contribution >= 0.6 is 0 Å². The van der Waals surface area contributed by atoms with E-state index in [0.717, 1.165) is 31.4 Å². The van der Waals surface area contributed by atoms with E-state index in [0.29, 0.717) is 6.54 Å². The Labute approximate surface area is 177 Å². The Hall–Kier alpha value is -3.32. The second-order valence-electron chi connectivity index (χ2n) is 7.20. The summed E-state index contributed by atoms with van der Waals surface area (Å²) in [5, 5.41) is 19.7. The molecule has 0 spiro atoms. The Morgan fingerprint density at radius 3 is 2.23 bits per heavy atom. The zero-order chi connectivity index (χ0) is 23.5. The van der Waals surface area contributed by atoms with Gasteiger partial charge in [-0.05, 0) is 31.8 Å². The van der Waals surface area contributed by atoms with Crippen molar-refractivity contribution in [2.24, 2.45) is 0 Å². The van der Waals surface area contributed by atoms with Crippen LogP contribution in [0.15, 0.2) is 46.8 Å². The number of esters is 1. The molecule has 1 aliphatic heterocycles. The molecule has 7 nitrogen and oxygen atoms in total. The molecular formula is C21H22F3N3O4. The van der Waals surface area contributed by atoms with Gasteiger partial charge < -0.3 is 19.6 Å². The molecule has 0 saturated carbocycles. The van der Waals surface area contributed by atoms with Crippen molar-refractivity contribution in [2.75, 3.05) is 34.8 Å². The fraction of sp³-hybridized carbons (Fsp3) is 0.381. The molecule has 0 bridgehead atoms. The van der Waals surface area contributed by atoms with Crippen LogP contribution in [0.3, 0.4) is 0 Å². The van der Waals surface area contributed by atoms with Gasteiger partial charge in [0.2, 0.25) is 0 Å². The molecule has 0 aromatic heterocycles. The molecular weight excluding hydrogens is 415 g/mol. The maximum atomic E-state index is 13.0. The molecule has 0 amide bonds. The van der Waals surface area contributed by atoms with Gasteiger partial charge in [0.25, 0.3) is 0 Å². The summed E-state index contributed by atoms with van der Waals surface area (Å²) < 4.78 is 43.8. The minimum atomic E-state index is -4.58. The number of hydrogen-bond acceptors (Lipinski definition) is 6. The number of carboxylic acids is 1. The number of benzene rings is 1. The number of carboxylic acid groups (broad SMARTS) is 1. The highest BCUT2D eigenvalue weighted by Crippen LogP contribution is 2.43. The Kier molecular flexibility index (Phi) is 7.13. The summed E-state index contributed by atoms with van der Waals surface area (Å²) in [5.74, 6) is -3.54. The SMILES string of the molecule is COC(=O)C1=C(C#N)N(C)C(CCN(C)C)=C(C(=O)O)C1c1ccc(C(F)(F)F)cc1. The van der Waals surface area contributed by atoms with Gasteiger partial charge in [0.1, 0.15) is 11.8 Å². The molecule has 31 heavy (non-hydrogen) atoms. The number of hydrogen-bond donors (Lipinski definition) is 1. The average molecular weight is 437 g/mol. The van der Waals surface area contributed by atoms with Crippen LogP contribution in [-0.2, 0) is 20.5 Å². The third-order valence-electron chi connectivity index (χ3n) is 4.99. The first kappa shape index (κ1) is 24.0. The van der Waals surface area contributed by atoms with Crippen molar-refractivity contribution in [3.8, 4) is 6.07 Å². The van der Waals surface area contributed by atoms with Crippen LogP contribution in [0.4, 0.5) is 13.2 Å². The molecule has 0 saturated heterocycles. The van der Waals surface area contributed by atoms with Crippen LogP contribution in [0.5, 0.6) is 0 Å². The predicted molar refractivity (Wildman–Crippen MR) is 104 cm³/mol. The molecule has 0 aliphatic carbocycles. The number of alkyl halides is 3. The molecule has 1 unspecified atom stereocenters. The van der Waals surface area contributed by atoms with Crippen molar-refractivity contribution >= 4 is 11.9 Å². The van der Waals surface area contributed by atoms with Crippen LogP contribution in [0.1, 0.15) is 23.5 Å². The summed E-state index contributed by atoms with van der Waals surface area (Å²) in [4.78, 5) is 28.0. The van der Waals surface area contributed by atoms with Crippen LogP contribution in [0.25, 0.3) is 0 Å². The maximum absolute atomic E-state index is 13.0. The van der Waals surface area contributed by atoms with Gasteiger partial charge in [0.15, 0.2) is 0 Å². The van der Waals surface area contributed by atoms with Crippen molar-refractivity contribution in [3.05, 3.63) is 57.9 Å². The monoisotopic (exact) mass is 437 g/mol. The van der Waals surface area contributed by atoms with E-state index in [-0.39, 0.29) is 34.5 Å².